The molecule has 1 heterocycles. The van der Waals surface area contributed by atoms with Crippen molar-refractivity contribution in [1.82, 2.24) is 9.66 Å². The second kappa shape index (κ2) is 11.5. The fraction of sp³-hybridized carbons (Fsp3) is 0.192. The molecule has 0 aliphatic carbocycles. The molecule has 0 bridgehead atoms. The standard InChI is InChI=1S/C26H20BrCl4N3O2/c1-3-14(2)25-33-23-7-5-17(27)10-19(23)26(35)34(25)32-12-15-8-21(30)24(22(31)9-15)36-13-16-4-6-18(28)11-20(16)29/h4-12,14H,3,13H2,1-2H3/t14-/m1/s1. The van der Waals surface area contributed by atoms with Crippen LogP contribution in [0.3, 0.4) is 0 Å². The number of fused-ring (bicyclic) bond motifs is 1. The second-order valence-corrected chi connectivity index (χ2v) is 10.7. The predicted molar refractivity (Wildman–Crippen MR) is 153 cm³/mol. The van der Waals surface area contributed by atoms with Crippen LogP contribution >= 0.6 is 62.3 Å². The molecule has 36 heavy (non-hydrogen) atoms. The summed E-state index contributed by atoms with van der Waals surface area (Å²) in [5.74, 6) is 0.910. The van der Waals surface area contributed by atoms with Gasteiger partial charge in [-0.05, 0) is 54.4 Å². The summed E-state index contributed by atoms with van der Waals surface area (Å²) in [6, 6.07) is 13.9. The Morgan fingerprint density at radius 2 is 1.78 bits per heavy atom. The minimum absolute atomic E-state index is 0.0190. The molecule has 10 heteroatoms. The van der Waals surface area contributed by atoms with E-state index in [-0.39, 0.29) is 18.1 Å². The third-order valence-corrected chi connectivity index (χ3v) is 7.26. The molecule has 0 radical (unpaired) electrons. The first-order valence-corrected chi connectivity index (χ1v) is 13.3. The minimum atomic E-state index is -0.259. The first-order chi connectivity index (χ1) is 17.2. The molecular formula is C26H20BrCl4N3O2. The summed E-state index contributed by atoms with van der Waals surface area (Å²) >= 11 is 28.5. The maximum absolute atomic E-state index is 13.3. The van der Waals surface area contributed by atoms with Crippen molar-refractivity contribution >= 4 is 79.5 Å². The van der Waals surface area contributed by atoms with Crippen molar-refractivity contribution in [2.45, 2.75) is 32.8 Å². The van der Waals surface area contributed by atoms with Crippen molar-refractivity contribution in [2.75, 3.05) is 0 Å². The highest BCUT2D eigenvalue weighted by Gasteiger charge is 2.16. The summed E-state index contributed by atoms with van der Waals surface area (Å²) in [7, 11) is 0. The number of halogens is 5. The third-order valence-electron chi connectivity index (χ3n) is 5.62. The van der Waals surface area contributed by atoms with Crippen LogP contribution in [0.2, 0.25) is 20.1 Å². The molecule has 3 aromatic carbocycles. The summed E-state index contributed by atoms with van der Waals surface area (Å²) < 4.78 is 7.95. The molecule has 186 valence electrons. The second-order valence-electron chi connectivity index (χ2n) is 8.14. The Kier molecular flexibility index (Phi) is 8.63. The van der Waals surface area contributed by atoms with Crippen molar-refractivity contribution in [3.8, 4) is 5.75 Å². The van der Waals surface area contributed by atoms with E-state index in [1.807, 2.05) is 26.0 Å². The van der Waals surface area contributed by atoms with E-state index in [2.05, 4.69) is 21.0 Å². The summed E-state index contributed by atoms with van der Waals surface area (Å²) in [6.07, 6.45) is 2.32. The van der Waals surface area contributed by atoms with Crippen LogP contribution in [-0.2, 0) is 6.61 Å². The SMILES string of the molecule is CC[C@@H](C)c1nc2ccc(Br)cc2c(=O)n1N=Cc1cc(Cl)c(OCc2ccc(Cl)cc2Cl)c(Cl)c1. The Morgan fingerprint density at radius 3 is 2.44 bits per heavy atom. The maximum atomic E-state index is 13.3. The molecule has 4 aromatic rings. The van der Waals surface area contributed by atoms with Crippen molar-refractivity contribution in [1.29, 1.82) is 0 Å². The molecule has 0 amide bonds. The molecule has 5 nitrogen and oxygen atoms in total. The van der Waals surface area contributed by atoms with Gasteiger partial charge in [-0.2, -0.15) is 9.78 Å². The molecule has 0 aliphatic heterocycles. The van der Waals surface area contributed by atoms with Crippen LogP contribution in [0.1, 0.15) is 43.1 Å². The molecule has 1 aromatic heterocycles. The van der Waals surface area contributed by atoms with Gasteiger partial charge in [0.2, 0.25) is 0 Å². The van der Waals surface area contributed by atoms with Gasteiger partial charge in [-0.25, -0.2) is 4.98 Å². The van der Waals surface area contributed by atoms with Gasteiger partial charge in [0.05, 0.1) is 27.2 Å². The molecule has 1 atom stereocenters. The highest BCUT2D eigenvalue weighted by molar-refractivity contribution is 9.10. The summed E-state index contributed by atoms with van der Waals surface area (Å²) in [5.41, 5.74) is 1.70. The van der Waals surface area contributed by atoms with E-state index in [4.69, 9.17) is 56.1 Å². The van der Waals surface area contributed by atoms with E-state index < -0.39 is 0 Å². The summed E-state index contributed by atoms with van der Waals surface area (Å²) in [6.45, 7) is 4.20. The van der Waals surface area contributed by atoms with Gasteiger partial charge in [0, 0.05) is 26.0 Å². The zero-order valence-corrected chi connectivity index (χ0v) is 23.8. The Balaban J connectivity index is 1.66. The largest absolute Gasteiger partial charge is 0.486 e. The van der Waals surface area contributed by atoms with Crippen LogP contribution in [0.5, 0.6) is 5.75 Å². The molecule has 0 unspecified atom stereocenters. The molecule has 0 N–H and O–H groups in total. The number of hydrogen-bond donors (Lipinski definition) is 0. The maximum Gasteiger partial charge on any atom is 0.282 e. The Labute approximate surface area is 236 Å². The summed E-state index contributed by atoms with van der Waals surface area (Å²) in [4.78, 5) is 18.0. The topological polar surface area (TPSA) is 56.5 Å². The monoisotopic (exact) mass is 625 g/mol. The quantitative estimate of drug-likeness (QED) is 0.193. The predicted octanol–water partition coefficient (Wildman–Crippen LogP) is 8.75. The molecule has 0 spiro atoms. The number of rotatable bonds is 7. The smallest absolute Gasteiger partial charge is 0.282 e. The molecule has 0 saturated heterocycles. The number of aromatic nitrogens is 2. The zero-order chi connectivity index (χ0) is 26.0. The van der Waals surface area contributed by atoms with Crippen molar-refractivity contribution in [3.05, 3.63) is 100 Å². The molecule has 0 aliphatic rings. The number of nitrogens with zero attached hydrogens (tertiary/aromatic N) is 3. The third kappa shape index (κ3) is 5.90. The highest BCUT2D eigenvalue weighted by atomic mass is 79.9. The van der Waals surface area contributed by atoms with Gasteiger partial charge in [0.25, 0.3) is 5.56 Å². The molecule has 4 rings (SSSR count). The van der Waals surface area contributed by atoms with E-state index in [0.717, 1.165) is 16.5 Å². The highest BCUT2D eigenvalue weighted by Crippen LogP contribution is 2.35. The first kappa shape index (κ1) is 27.0. The lowest BCUT2D eigenvalue weighted by atomic mass is 10.1. The minimum Gasteiger partial charge on any atom is -0.486 e. The van der Waals surface area contributed by atoms with Gasteiger partial charge in [-0.15, -0.1) is 0 Å². The van der Waals surface area contributed by atoms with E-state index >= 15 is 0 Å². The fourth-order valence-corrected chi connectivity index (χ4v) is 4.92. The van der Waals surface area contributed by atoms with Gasteiger partial charge in [-0.3, -0.25) is 4.79 Å². The van der Waals surface area contributed by atoms with Gasteiger partial charge in [0.1, 0.15) is 12.4 Å². The molecule has 0 fully saturated rings. The lowest BCUT2D eigenvalue weighted by molar-refractivity contribution is 0.306. The van der Waals surface area contributed by atoms with Gasteiger partial charge in [-0.1, -0.05) is 82.2 Å². The lowest BCUT2D eigenvalue weighted by Gasteiger charge is -2.14. The Hall–Kier alpha value is -2.09. The Bertz CT molecular complexity index is 1520. The summed E-state index contributed by atoms with van der Waals surface area (Å²) in [5, 5.41) is 6.54. The number of ether oxygens (including phenoxy) is 1. The Morgan fingerprint density at radius 1 is 1.06 bits per heavy atom. The van der Waals surface area contributed by atoms with E-state index in [1.165, 1.54) is 10.9 Å². The van der Waals surface area contributed by atoms with Crippen LogP contribution < -0.4 is 10.3 Å². The van der Waals surface area contributed by atoms with E-state index in [9.17, 15) is 4.79 Å². The average Bonchev–Trinajstić information content (AvgIpc) is 2.83. The van der Waals surface area contributed by atoms with Crippen LogP contribution in [0, 0.1) is 0 Å². The van der Waals surface area contributed by atoms with Gasteiger partial charge in [0.15, 0.2) is 5.75 Å². The van der Waals surface area contributed by atoms with Crippen LogP contribution in [0.15, 0.2) is 62.9 Å². The first-order valence-electron chi connectivity index (χ1n) is 11.0. The van der Waals surface area contributed by atoms with Crippen LogP contribution in [-0.4, -0.2) is 15.9 Å². The van der Waals surface area contributed by atoms with Gasteiger partial charge < -0.3 is 4.74 Å². The van der Waals surface area contributed by atoms with Crippen molar-refractivity contribution in [2.24, 2.45) is 5.10 Å². The zero-order valence-electron chi connectivity index (χ0n) is 19.2. The van der Waals surface area contributed by atoms with Crippen LogP contribution in [0.25, 0.3) is 10.9 Å². The number of hydrogen-bond acceptors (Lipinski definition) is 4. The van der Waals surface area contributed by atoms with E-state index in [0.29, 0.717) is 48.1 Å². The molecular weight excluding hydrogens is 608 g/mol. The van der Waals surface area contributed by atoms with Gasteiger partial charge >= 0.3 is 0 Å². The normalized spacial score (nSPS) is 12.4. The van der Waals surface area contributed by atoms with Crippen LogP contribution in [0.4, 0.5) is 0 Å². The number of benzene rings is 3. The fourth-order valence-electron chi connectivity index (χ4n) is 3.48. The lowest BCUT2D eigenvalue weighted by Crippen LogP contribution is -2.23. The van der Waals surface area contributed by atoms with Crippen molar-refractivity contribution in [3.63, 3.8) is 0 Å². The average molecular weight is 628 g/mol. The van der Waals surface area contributed by atoms with Crippen molar-refractivity contribution < 1.29 is 4.74 Å². The molecule has 0 saturated carbocycles. The van der Waals surface area contributed by atoms with E-state index in [1.54, 1.807) is 36.4 Å².